The highest BCUT2D eigenvalue weighted by atomic mass is 16.1. The van der Waals surface area contributed by atoms with E-state index < -0.39 is 0 Å². The predicted octanol–water partition coefficient (Wildman–Crippen LogP) is 0.0226. The van der Waals surface area contributed by atoms with Crippen LogP contribution in [0.15, 0.2) is 29.6 Å². The zero-order chi connectivity index (χ0) is 6.97. The first kappa shape index (κ1) is 5.22. The quantitative estimate of drug-likeness (QED) is 0.553. The van der Waals surface area contributed by atoms with Crippen LogP contribution in [0, 0.1) is 0 Å². The molecular weight excluding hydrogens is 130 g/mol. The zero-order valence-electron chi connectivity index (χ0n) is 5.11. The fourth-order valence-corrected chi connectivity index (χ4v) is 0.848. The molecule has 4 nitrogen and oxygen atoms in total. The van der Waals surface area contributed by atoms with Crippen LogP contribution in [-0.4, -0.2) is 14.4 Å². The monoisotopic (exact) mass is 135 g/mol. The minimum absolute atomic E-state index is 0.220. The van der Waals surface area contributed by atoms with Crippen LogP contribution in [0.25, 0.3) is 5.65 Å². The van der Waals surface area contributed by atoms with E-state index >= 15 is 0 Å². The Hall–Kier alpha value is -1.58. The SMILES string of the molecule is O=c1cc2[nH]ccn2cn1. The normalized spacial score (nSPS) is 10.4. The summed E-state index contributed by atoms with van der Waals surface area (Å²) in [5.41, 5.74) is 0.544. The molecule has 0 atom stereocenters. The molecule has 0 amide bonds. The number of fused-ring (bicyclic) bond motifs is 1. The maximum atomic E-state index is 10.6. The van der Waals surface area contributed by atoms with Gasteiger partial charge in [-0.1, -0.05) is 0 Å². The summed E-state index contributed by atoms with van der Waals surface area (Å²) < 4.78 is 1.74. The maximum Gasteiger partial charge on any atom is 0.274 e. The average Bonchev–Trinajstić information content (AvgIpc) is 2.33. The standard InChI is InChI=1S/C6H5N3O/c10-6-3-5-7-1-2-9(5)4-8-6/h1-4,7H. The summed E-state index contributed by atoms with van der Waals surface area (Å²) in [5.74, 6) is 0. The molecule has 2 aromatic heterocycles. The number of aromatic amines is 1. The highest BCUT2D eigenvalue weighted by Gasteiger charge is 1.90. The summed E-state index contributed by atoms with van der Waals surface area (Å²) >= 11 is 0. The van der Waals surface area contributed by atoms with E-state index in [1.807, 2.05) is 0 Å². The zero-order valence-corrected chi connectivity index (χ0v) is 5.11. The number of imidazole rings is 1. The molecule has 0 aromatic carbocycles. The first-order valence-corrected chi connectivity index (χ1v) is 2.88. The van der Waals surface area contributed by atoms with Crippen LogP contribution >= 0.6 is 0 Å². The van der Waals surface area contributed by atoms with Crippen LogP contribution < -0.4 is 5.56 Å². The van der Waals surface area contributed by atoms with E-state index in [-0.39, 0.29) is 5.56 Å². The molecular formula is C6H5N3O. The lowest BCUT2D eigenvalue weighted by Gasteiger charge is -1.86. The van der Waals surface area contributed by atoms with Gasteiger partial charge in [-0.15, -0.1) is 0 Å². The second-order valence-corrected chi connectivity index (χ2v) is 1.98. The Labute approximate surface area is 56.2 Å². The Morgan fingerprint density at radius 2 is 2.50 bits per heavy atom. The molecule has 0 fully saturated rings. The molecule has 2 rings (SSSR count). The van der Waals surface area contributed by atoms with E-state index in [4.69, 9.17) is 0 Å². The van der Waals surface area contributed by atoms with E-state index in [2.05, 4.69) is 9.97 Å². The second kappa shape index (κ2) is 1.70. The number of rotatable bonds is 0. The van der Waals surface area contributed by atoms with Gasteiger partial charge in [-0.3, -0.25) is 9.20 Å². The summed E-state index contributed by atoms with van der Waals surface area (Å²) in [4.78, 5) is 17.1. The summed E-state index contributed by atoms with van der Waals surface area (Å²) in [7, 11) is 0. The van der Waals surface area contributed by atoms with Gasteiger partial charge in [0.15, 0.2) is 0 Å². The Morgan fingerprint density at radius 1 is 1.60 bits per heavy atom. The average molecular weight is 135 g/mol. The van der Waals surface area contributed by atoms with Gasteiger partial charge in [0, 0.05) is 18.5 Å². The molecule has 0 saturated carbocycles. The van der Waals surface area contributed by atoms with Crippen molar-refractivity contribution in [2.75, 3.05) is 0 Å². The molecule has 2 heterocycles. The number of hydrogen-bond donors (Lipinski definition) is 1. The van der Waals surface area contributed by atoms with Crippen LogP contribution in [-0.2, 0) is 0 Å². The molecule has 2 aromatic rings. The molecule has 10 heavy (non-hydrogen) atoms. The van der Waals surface area contributed by atoms with Gasteiger partial charge in [-0.25, -0.2) is 0 Å². The van der Waals surface area contributed by atoms with E-state index in [1.165, 1.54) is 12.4 Å². The molecule has 1 N–H and O–H groups in total. The third-order valence-corrected chi connectivity index (χ3v) is 1.31. The third-order valence-electron chi connectivity index (χ3n) is 1.31. The molecule has 0 saturated heterocycles. The topological polar surface area (TPSA) is 50.2 Å². The van der Waals surface area contributed by atoms with Crippen LogP contribution in [0.3, 0.4) is 0 Å². The van der Waals surface area contributed by atoms with Gasteiger partial charge in [-0.05, 0) is 0 Å². The van der Waals surface area contributed by atoms with Gasteiger partial charge >= 0.3 is 0 Å². The minimum atomic E-state index is -0.220. The van der Waals surface area contributed by atoms with Crippen molar-refractivity contribution in [2.45, 2.75) is 0 Å². The Kier molecular flexibility index (Phi) is 0.887. The number of nitrogens with one attached hydrogen (secondary N) is 1. The van der Waals surface area contributed by atoms with Gasteiger partial charge in [0.1, 0.15) is 12.0 Å². The summed E-state index contributed by atoms with van der Waals surface area (Å²) in [6, 6.07) is 1.44. The van der Waals surface area contributed by atoms with Crippen LogP contribution in [0.4, 0.5) is 0 Å². The first-order chi connectivity index (χ1) is 4.86. The largest absolute Gasteiger partial charge is 0.346 e. The van der Waals surface area contributed by atoms with Crippen molar-refractivity contribution < 1.29 is 0 Å². The minimum Gasteiger partial charge on any atom is -0.346 e. The first-order valence-electron chi connectivity index (χ1n) is 2.88. The van der Waals surface area contributed by atoms with E-state index in [0.29, 0.717) is 0 Å². The van der Waals surface area contributed by atoms with Crippen LogP contribution in [0.2, 0.25) is 0 Å². The van der Waals surface area contributed by atoms with Crippen molar-refractivity contribution in [3.63, 3.8) is 0 Å². The summed E-state index contributed by atoms with van der Waals surface area (Å²) in [6.07, 6.45) is 5.02. The highest BCUT2D eigenvalue weighted by Crippen LogP contribution is 1.91. The third kappa shape index (κ3) is 0.621. The van der Waals surface area contributed by atoms with Gasteiger partial charge in [0.25, 0.3) is 5.56 Å². The molecule has 0 aliphatic rings. The smallest absolute Gasteiger partial charge is 0.274 e. The number of aromatic nitrogens is 3. The second-order valence-electron chi connectivity index (χ2n) is 1.98. The highest BCUT2D eigenvalue weighted by molar-refractivity contribution is 5.34. The Balaban J connectivity index is 2.99. The molecule has 0 bridgehead atoms. The molecule has 0 unspecified atom stereocenters. The molecule has 0 aliphatic carbocycles. The molecule has 0 aliphatic heterocycles. The lowest BCUT2D eigenvalue weighted by molar-refractivity contribution is 1.06. The van der Waals surface area contributed by atoms with Crippen LogP contribution in [0.1, 0.15) is 0 Å². The summed E-state index contributed by atoms with van der Waals surface area (Å²) in [6.45, 7) is 0. The molecule has 4 heteroatoms. The number of H-pyrrole nitrogens is 1. The Morgan fingerprint density at radius 3 is 3.40 bits per heavy atom. The lowest BCUT2D eigenvalue weighted by Crippen LogP contribution is -2.04. The van der Waals surface area contributed by atoms with Crippen molar-refractivity contribution in [2.24, 2.45) is 0 Å². The summed E-state index contributed by atoms with van der Waals surface area (Å²) in [5, 5.41) is 0. The molecule has 50 valence electrons. The van der Waals surface area contributed by atoms with Crippen LogP contribution in [0.5, 0.6) is 0 Å². The van der Waals surface area contributed by atoms with Gasteiger partial charge in [-0.2, -0.15) is 4.98 Å². The van der Waals surface area contributed by atoms with E-state index in [1.54, 1.807) is 16.8 Å². The van der Waals surface area contributed by atoms with E-state index in [0.717, 1.165) is 5.65 Å². The van der Waals surface area contributed by atoms with Crippen molar-refractivity contribution in [3.8, 4) is 0 Å². The molecule has 0 spiro atoms. The predicted molar refractivity (Wildman–Crippen MR) is 35.8 cm³/mol. The van der Waals surface area contributed by atoms with Gasteiger partial charge < -0.3 is 4.98 Å². The van der Waals surface area contributed by atoms with Crippen molar-refractivity contribution >= 4 is 5.65 Å². The fourth-order valence-electron chi connectivity index (χ4n) is 0.848. The van der Waals surface area contributed by atoms with Gasteiger partial charge in [0.2, 0.25) is 0 Å². The van der Waals surface area contributed by atoms with E-state index in [9.17, 15) is 4.79 Å². The fraction of sp³-hybridized carbons (Fsp3) is 0. The lowest BCUT2D eigenvalue weighted by atomic mass is 10.6. The number of nitrogens with zero attached hydrogens (tertiary/aromatic N) is 2. The molecule has 0 radical (unpaired) electrons. The number of hydrogen-bond acceptors (Lipinski definition) is 2. The maximum absolute atomic E-state index is 10.6. The van der Waals surface area contributed by atoms with Crippen molar-refractivity contribution in [3.05, 3.63) is 35.1 Å². The van der Waals surface area contributed by atoms with Crippen molar-refractivity contribution in [1.29, 1.82) is 0 Å². The van der Waals surface area contributed by atoms with Gasteiger partial charge in [0.05, 0.1) is 0 Å². The Bertz CT molecular complexity index is 400. The van der Waals surface area contributed by atoms with Crippen molar-refractivity contribution in [1.82, 2.24) is 14.4 Å².